The molecule has 27 heavy (non-hydrogen) atoms. The molecule has 146 valence electrons. The van der Waals surface area contributed by atoms with Gasteiger partial charge in [0.05, 0.1) is 0 Å². The topological polar surface area (TPSA) is 44.4 Å². The van der Waals surface area contributed by atoms with Gasteiger partial charge in [-0.25, -0.2) is 4.39 Å². The standard InChI is InChI=1S/C20H23ClFN3O.ClH/c1-14-17(22)7-4-8-18(14)24-20(26)9-11-25-12-10-23-13-19(25)15-5-2-3-6-16(15)21;/h2-8,19,23H,9-13H2,1H3,(H,24,26);1H. The molecule has 0 aromatic heterocycles. The van der Waals surface area contributed by atoms with Crippen LogP contribution in [0.15, 0.2) is 42.5 Å². The zero-order valence-electron chi connectivity index (χ0n) is 15.2. The summed E-state index contributed by atoms with van der Waals surface area (Å²) in [6.07, 6.45) is 0.344. The lowest BCUT2D eigenvalue weighted by Gasteiger charge is -2.36. The van der Waals surface area contributed by atoms with Crippen molar-refractivity contribution in [2.45, 2.75) is 19.4 Å². The normalized spacial score (nSPS) is 17.2. The molecule has 1 fully saturated rings. The Morgan fingerprint density at radius 3 is 2.85 bits per heavy atom. The van der Waals surface area contributed by atoms with Gasteiger partial charge in [-0.1, -0.05) is 35.9 Å². The number of hydrogen-bond donors (Lipinski definition) is 2. The van der Waals surface area contributed by atoms with E-state index in [2.05, 4.69) is 15.5 Å². The molecule has 1 aliphatic heterocycles. The van der Waals surface area contributed by atoms with Crippen LogP contribution in [0.3, 0.4) is 0 Å². The van der Waals surface area contributed by atoms with Crippen LogP contribution in [-0.4, -0.2) is 37.0 Å². The van der Waals surface area contributed by atoms with E-state index in [-0.39, 0.29) is 30.2 Å². The summed E-state index contributed by atoms with van der Waals surface area (Å²) in [5, 5.41) is 6.94. The Kier molecular flexibility index (Phi) is 8.05. The molecule has 0 saturated carbocycles. The van der Waals surface area contributed by atoms with E-state index in [9.17, 15) is 9.18 Å². The summed E-state index contributed by atoms with van der Waals surface area (Å²) in [6.45, 7) is 4.81. The monoisotopic (exact) mass is 411 g/mol. The van der Waals surface area contributed by atoms with Crippen LogP contribution in [0.1, 0.15) is 23.6 Å². The minimum absolute atomic E-state index is 0. The third kappa shape index (κ3) is 5.42. The van der Waals surface area contributed by atoms with Crippen LogP contribution in [0.2, 0.25) is 5.02 Å². The first-order chi connectivity index (χ1) is 12.6. The van der Waals surface area contributed by atoms with Crippen LogP contribution in [-0.2, 0) is 4.79 Å². The van der Waals surface area contributed by atoms with Gasteiger partial charge in [-0.05, 0) is 30.7 Å². The predicted octanol–water partition coefficient (Wildman–Crippen LogP) is 4.18. The second-order valence-corrected chi connectivity index (χ2v) is 6.90. The summed E-state index contributed by atoms with van der Waals surface area (Å²) < 4.78 is 13.6. The Bertz CT molecular complexity index is 788. The first-order valence-electron chi connectivity index (χ1n) is 8.80. The van der Waals surface area contributed by atoms with Gasteiger partial charge < -0.3 is 10.6 Å². The molecular formula is C20H24Cl2FN3O. The Hall–Kier alpha value is -1.66. The molecule has 3 rings (SSSR count). The van der Waals surface area contributed by atoms with Gasteiger partial charge in [-0.3, -0.25) is 9.69 Å². The van der Waals surface area contributed by atoms with Crippen LogP contribution in [0.25, 0.3) is 0 Å². The van der Waals surface area contributed by atoms with E-state index in [4.69, 9.17) is 11.6 Å². The van der Waals surface area contributed by atoms with Crippen molar-refractivity contribution in [3.63, 3.8) is 0 Å². The number of nitrogens with zero attached hydrogens (tertiary/aromatic N) is 1. The van der Waals surface area contributed by atoms with Crippen molar-refractivity contribution in [1.29, 1.82) is 0 Å². The van der Waals surface area contributed by atoms with E-state index < -0.39 is 0 Å². The molecule has 1 aliphatic rings. The van der Waals surface area contributed by atoms with Gasteiger partial charge in [0.1, 0.15) is 5.82 Å². The molecule has 7 heteroatoms. The summed E-state index contributed by atoms with van der Waals surface area (Å²) in [4.78, 5) is 14.6. The molecule has 0 aliphatic carbocycles. The Labute approximate surface area is 170 Å². The highest BCUT2D eigenvalue weighted by Crippen LogP contribution is 2.28. The molecule has 2 aromatic rings. The molecule has 0 bridgehead atoms. The van der Waals surface area contributed by atoms with Crippen LogP contribution in [0.4, 0.5) is 10.1 Å². The lowest BCUT2D eigenvalue weighted by atomic mass is 10.0. The van der Waals surface area contributed by atoms with Gasteiger partial charge in [0.25, 0.3) is 0 Å². The van der Waals surface area contributed by atoms with E-state index in [1.165, 1.54) is 6.07 Å². The first-order valence-corrected chi connectivity index (χ1v) is 9.18. The van der Waals surface area contributed by atoms with Gasteiger partial charge in [-0.15, -0.1) is 12.4 Å². The summed E-state index contributed by atoms with van der Waals surface area (Å²) in [6, 6.07) is 12.7. The Morgan fingerprint density at radius 2 is 2.07 bits per heavy atom. The van der Waals surface area contributed by atoms with Crippen LogP contribution in [0.5, 0.6) is 0 Å². The number of piperazine rings is 1. The molecule has 2 aromatic carbocycles. The van der Waals surface area contributed by atoms with Crippen molar-refractivity contribution in [3.8, 4) is 0 Å². The quantitative estimate of drug-likeness (QED) is 0.775. The maximum absolute atomic E-state index is 13.6. The molecule has 1 unspecified atom stereocenters. The number of halogens is 3. The number of carbonyl (C=O) groups is 1. The van der Waals surface area contributed by atoms with E-state index in [0.717, 1.165) is 30.2 Å². The number of rotatable bonds is 5. The van der Waals surface area contributed by atoms with Crippen molar-refractivity contribution in [1.82, 2.24) is 10.2 Å². The third-order valence-electron chi connectivity index (χ3n) is 4.79. The second-order valence-electron chi connectivity index (χ2n) is 6.49. The molecule has 1 amide bonds. The maximum Gasteiger partial charge on any atom is 0.225 e. The fourth-order valence-electron chi connectivity index (χ4n) is 3.27. The van der Waals surface area contributed by atoms with Crippen LogP contribution in [0, 0.1) is 12.7 Å². The van der Waals surface area contributed by atoms with E-state index in [1.807, 2.05) is 24.3 Å². The lowest BCUT2D eigenvalue weighted by molar-refractivity contribution is -0.116. The average molecular weight is 412 g/mol. The highest BCUT2D eigenvalue weighted by atomic mass is 35.5. The fourth-order valence-corrected chi connectivity index (χ4v) is 3.53. The predicted molar refractivity (Wildman–Crippen MR) is 110 cm³/mol. The summed E-state index contributed by atoms with van der Waals surface area (Å²) in [7, 11) is 0. The molecule has 1 heterocycles. The number of benzene rings is 2. The van der Waals surface area contributed by atoms with Gasteiger partial charge in [0, 0.05) is 54.9 Å². The van der Waals surface area contributed by atoms with Gasteiger partial charge in [0.2, 0.25) is 5.91 Å². The number of hydrogen-bond acceptors (Lipinski definition) is 3. The average Bonchev–Trinajstić information content (AvgIpc) is 2.65. The van der Waals surface area contributed by atoms with Crippen molar-refractivity contribution in [3.05, 3.63) is 64.4 Å². The highest BCUT2D eigenvalue weighted by Gasteiger charge is 2.25. The zero-order valence-corrected chi connectivity index (χ0v) is 16.7. The number of nitrogens with one attached hydrogen (secondary N) is 2. The van der Waals surface area contributed by atoms with E-state index in [1.54, 1.807) is 19.1 Å². The number of amides is 1. The van der Waals surface area contributed by atoms with Gasteiger partial charge in [-0.2, -0.15) is 0 Å². The maximum atomic E-state index is 13.6. The largest absolute Gasteiger partial charge is 0.326 e. The SMILES string of the molecule is Cc1c(F)cccc1NC(=O)CCN1CCNCC1c1ccccc1Cl.Cl. The first kappa shape index (κ1) is 21.6. The minimum Gasteiger partial charge on any atom is -0.326 e. The Balaban J connectivity index is 0.00000261. The smallest absolute Gasteiger partial charge is 0.225 e. The Morgan fingerprint density at radius 1 is 1.30 bits per heavy atom. The molecule has 2 N–H and O–H groups in total. The van der Waals surface area contributed by atoms with Crippen molar-refractivity contribution in [2.24, 2.45) is 0 Å². The van der Waals surface area contributed by atoms with Gasteiger partial charge in [0.15, 0.2) is 0 Å². The van der Waals surface area contributed by atoms with Gasteiger partial charge >= 0.3 is 0 Å². The van der Waals surface area contributed by atoms with E-state index >= 15 is 0 Å². The molecule has 0 spiro atoms. The third-order valence-corrected chi connectivity index (χ3v) is 5.13. The summed E-state index contributed by atoms with van der Waals surface area (Å²) >= 11 is 6.36. The highest BCUT2D eigenvalue weighted by molar-refractivity contribution is 6.31. The van der Waals surface area contributed by atoms with Crippen molar-refractivity contribution in [2.75, 3.05) is 31.5 Å². The number of anilines is 1. The minimum atomic E-state index is -0.316. The molecular weight excluding hydrogens is 388 g/mol. The number of carbonyl (C=O) groups excluding carboxylic acids is 1. The molecule has 0 radical (unpaired) electrons. The fraction of sp³-hybridized carbons (Fsp3) is 0.350. The van der Waals surface area contributed by atoms with Crippen LogP contribution < -0.4 is 10.6 Å². The molecule has 1 saturated heterocycles. The van der Waals surface area contributed by atoms with E-state index in [0.29, 0.717) is 24.2 Å². The van der Waals surface area contributed by atoms with Crippen molar-refractivity contribution >= 4 is 35.6 Å². The zero-order chi connectivity index (χ0) is 18.5. The van der Waals surface area contributed by atoms with Crippen molar-refractivity contribution < 1.29 is 9.18 Å². The molecule has 4 nitrogen and oxygen atoms in total. The second kappa shape index (κ2) is 10.0. The molecule has 1 atom stereocenters. The summed E-state index contributed by atoms with van der Waals surface area (Å²) in [5.74, 6) is -0.432. The lowest BCUT2D eigenvalue weighted by Crippen LogP contribution is -2.46. The summed E-state index contributed by atoms with van der Waals surface area (Å²) in [5.41, 5.74) is 2.05. The van der Waals surface area contributed by atoms with Crippen LogP contribution >= 0.6 is 24.0 Å².